The lowest BCUT2D eigenvalue weighted by Crippen LogP contribution is -2.45. The number of alkyl halides is 2. The van der Waals surface area contributed by atoms with Gasteiger partial charge in [-0.25, -0.2) is 31.3 Å². The number of nitrogens with one attached hydrogen (secondary N) is 1. The second-order valence-electron chi connectivity index (χ2n) is 12.4. The van der Waals surface area contributed by atoms with E-state index in [9.17, 15) is 26.4 Å². The van der Waals surface area contributed by atoms with Crippen LogP contribution in [0.1, 0.15) is 67.7 Å². The molecule has 2 aliphatic rings. The van der Waals surface area contributed by atoms with Crippen molar-refractivity contribution in [3.63, 3.8) is 0 Å². The summed E-state index contributed by atoms with van der Waals surface area (Å²) in [5, 5.41) is 0. The Hall–Kier alpha value is -3.00. The van der Waals surface area contributed by atoms with Crippen LogP contribution in [0.2, 0.25) is 0 Å². The van der Waals surface area contributed by atoms with Crippen LogP contribution in [0.15, 0.2) is 36.7 Å². The highest BCUT2D eigenvalue weighted by molar-refractivity contribution is 7.89. The number of likely N-dealkylation sites (tertiary alicyclic amines) is 1. The van der Waals surface area contributed by atoms with Gasteiger partial charge in [0.1, 0.15) is 11.6 Å². The zero-order valence-electron chi connectivity index (χ0n) is 26.2. The SMILES string of the molecule is CCS(=O)(=O)N[C@@H]1CC[C@@H](CN2CC[C@H](c3cc(-c4ccc(F)cc4C(=O)N(CC(F)F)C(C)C)c4cnc(C)n4c3)C2)OC1. The molecule has 2 aromatic heterocycles. The summed E-state index contributed by atoms with van der Waals surface area (Å²) in [6.45, 7) is 8.83. The molecule has 246 valence electrons. The Morgan fingerprint density at radius 3 is 2.62 bits per heavy atom. The molecule has 13 heteroatoms. The molecule has 2 aliphatic heterocycles. The summed E-state index contributed by atoms with van der Waals surface area (Å²) in [5.74, 6) is -0.298. The highest BCUT2D eigenvalue weighted by Crippen LogP contribution is 2.36. The van der Waals surface area contributed by atoms with Gasteiger partial charge in [0.25, 0.3) is 12.3 Å². The van der Waals surface area contributed by atoms with E-state index in [1.165, 1.54) is 6.07 Å². The van der Waals surface area contributed by atoms with Crippen LogP contribution >= 0.6 is 0 Å². The molecule has 45 heavy (non-hydrogen) atoms. The van der Waals surface area contributed by atoms with Crippen LogP contribution in [0, 0.1) is 12.7 Å². The Morgan fingerprint density at radius 1 is 1.18 bits per heavy atom. The predicted octanol–water partition coefficient (Wildman–Crippen LogP) is 4.84. The molecule has 1 amide bonds. The molecular weight excluding hydrogens is 607 g/mol. The van der Waals surface area contributed by atoms with Crippen molar-refractivity contribution in [2.24, 2.45) is 0 Å². The first-order valence-electron chi connectivity index (χ1n) is 15.6. The van der Waals surface area contributed by atoms with Crippen molar-refractivity contribution in [3.8, 4) is 11.1 Å². The number of hydrogen-bond donors (Lipinski definition) is 1. The summed E-state index contributed by atoms with van der Waals surface area (Å²) >= 11 is 0. The van der Waals surface area contributed by atoms with Crippen LogP contribution in [-0.4, -0.2) is 96.7 Å². The number of benzene rings is 1. The van der Waals surface area contributed by atoms with Crippen LogP contribution in [0.3, 0.4) is 0 Å². The van der Waals surface area contributed by atoms with E-state index in [0.29, 0.717) is 17.7 Å². The zero-order valence-corrected chi connectivity index (χ0v) is 27.0. The average Bonchev–Trinajstić information content (AvgIpc) is 3.62. The molecule has 1 aromatic carbocycles. The van der Waals surface area contributed by atoms with E-state index in [0.717, 1.165) is 66.8 Å². The smallest absolute Gasteiger partial charge is 0.255 e. The molecule has 0 unspecified atom stereocenters. The van der Waals surface area contributed by atoms with E-state index in [-0.39, 0.29) is 29.4 Å². The maximum Gasteiger partial charge on any atom is 0.255 e. The van der Waals surface area contributed by atoms with Gasteiger partial charge in [0.05, 0.1) is 42.3 Å². The lowest BCUT2D eigenvalue weighted by molar-refractivity contribution is -0.0141. The summed E-state index contributed by atoms with van der Waals surface area (Å²) in [7, 11) is -3.27. The first kappa shape index (κ1) is 33.4. The van der Waals surface area contributed by atoms with E-state index in [1.54, 1.807) is 33.0 Å². The Balaban J connectivity index is 1.38. The van der Waals surface area contributed by atoms with E-state index >= 15 is 0 Å². The monoisotopic (exact) mass is 649 g/mol. The highest BCUT2D eigenvalue weighted by Gasteiger charge is 2.31. The number of sulfonamides is 1. The molecule has 3 atom stereocenters. The largest absolute Gasteiger partial charge is 0.375 e. The van der Waals surface area contributed by atoms with Gasteiger partial charge >= 0.3 is 0 Å². The minimum absolute atomic E-state index is 0.0185. The van der Waals surface area contributed by atoms with Gasteiger partial charge in [-0.05, 0) is 88.7 Å². The van der Waals surface area contributed by atoms with Gasteiger partial charge in [0, 0.05) is 36.9 Å². The van der Waals surface area contributed by atoms with Crippen LogP contribution in [0.4, 0.5) is 13.2 Å². The zero-order chi connectivity index (χ0) is 32.5. The topological polar surface area (TPSA) is 96.2 Å². The quantitative estimate of drug-likeness (QED) is 0.320. The highest BCUT2D eigenvalue weighted by atomic mass is 32.2. The molecule has 3 aromatic rings. The lowest BCUT2D eigenvalue weighted by atomic mass is 9.93. The maximum atomic E-state index is 14.6. The number of carbonyl (C=O) groups is 1. The van der Waals surface area contributed by atoms with Crippen molar-refractivity contribution >= 4 is 21.4 Å². The van der Waals surface area contributed by atoms with Gasteiger partial charge in [0.15, 0.2) is 0 Å². The Labute approximate surface area is 262 Å². The minimum Gasteiger partial charge on any atom is -0.375 e. The second kappa shape index (κ2) is 13.8. The molecule has 0 aliphatic carbocycles. The van der Waals surface area contributed by atoms with Gasteiger partial charge in [-0.3, -0.25) is 4.79 Å². The number of amides is 1. The fraction of sp³-hybridized carbons (Fsp3) is 0.562. The Bertz CT molecular complexity index is 1620. The van der Waals surface area contributed by atoms with Gasteiger partial charge in [-0.1, -0.05) is 6.07 Å². The van der Waals surface area contributed by atoms with Crippen molar-refractivity contribution < 1.29 is 31.1 Å². The molecule has 1 N–H and O–H groups in total. The number of ether oxygens (including phenoxy) is 1. The van der Waals surface area contributed by atoms with Gasteiger partial charge in [-0.2, -0.15) is 0 Å². The number of pyridine rings is 1. The Morgan fingerprint density at radius 2 is 1.96 bits per heavy atom. The number of aryl methyl sites for hydroxylation is 1. The number of rotatable bonds is 11. The fourth-order valence-corrected chi connectivity index (χ4v) is 7.24. The van der Waals surface area contributed by atoms with Crippen LogP contribution in [0.5, 0.6) is 0 Å². The van der Waals surface area contributed by atoms with Crippen LogP contribution in [-0.2, 0) is 14.8 Å². The molecule has 0 bridgehead atoms. The van der Waals surface area contributed by atoms with E-state index in [2.05, 4.69) is 20.8 Å². The first-order chi connectivity index (χ1) is 21.3. The van der Waals surface area contributed by atoms with E-state index < -0.39 is 40.8 Å². The third kappa shape index (κ3) is 7.70. The van der Waals surface area contributed by atoms with Crippen LogP contribution in [0.25, 0.3) is 16.6 Å². The molecule has 0 spiro atoms. The van der Waals surface area contributed by atoms with Gasteiger partial charge < -0.3 is 18.9 Å². The van der Waals surface area contributed by atoms with Gasteiger partial charge in [-0.15, -0.1) is 0 Å². The lowest BCUT2D eigenvalue weighted by Gasteiger charge is -2.31. The van der Waals surface area contributed by atoms with Crippen molar-refractivity contribution in [2.45, 2.75) is 77.5 Å². The number of aromatic nitrogens is 2. The van der Waals surface area contributed by atoms with Crippen LogP contribution < -0.4 is 4.72 Å². The molecule has 2 saturated heterocycles. The normalized spacial score (nSPS) is 21.3. The van der Waals surface area contributed by atoms with Crippen molar-refractivity contribution in [3.05, 3.63) is 59.4 Å². The number of halogens is 3. The minimum atomic E-state index is -3.27. The van der Waals surface area contributed by atoms with E-state index in [1.807, 2.05) is 17.4 Å². The summed E-state index contributed by atoms with van der Waals surface area (Å²) in [6, 6.07) is 5.26. The number of imidazole rings is 1. The average molecular weight is 650 g/mol. The molecule has 2 fully saturated rings. The number of carbonyl (C=O) groups excluding carboxylic acids is 1. The molecule has 4 heterocycles. The van der Waals surface area contributed by atoms with E-state index in [4.69, 9.17) is 4.74 Å². The molecule has 5 rings (SSSR count). The summed E-state index contributed by atoms with van der Waals surface area (Å²) in [6.07, 6.45) is 3.45. The summed E-state index contributed by atoms with van der Waals surface area (Å²) in [5.41, 5.74) is 2.96. The third-order valence-corrected chi connectivity index (χ3v) is 10.3. The maximum absolute atomic E-state index is 14.6. The predicted molar refractivity (Wildman–Crippen MR) is 167 cm³/mol. The third-order valence-electron chi connectivity index (χ3n) is 8.87. The fourth-order valence-electron chi connectivity index (χ4n) is 6.38. The second-order valence-corrected chi connectivity index (χ2v) is 14.4. The van der Waals surface area contributed by atoms with Crippen molar-refractivity contribution in [1.82, 2.24) is 23.9 Å². The molecule has 0 saturated carbocycles. The van der Waals surface area contributed by atoms with Gasteiger partial charge in [0.2, 0.25) is 10.0 Å². The summed E-state index contributed by atoms with van der Waals surface area (Å²) in [4.78, 5) is 21.6. The summed E-state index contributed by atoms with van der Waals surface area (Å²) < 4.78 is 75.9. The number of hydrogen-bond acceptors (Lipinski definition) is 6. The molecule has 9 nitrogen and oxygen atoms in total. The first-order valence-corrected chi connectivity index (χ1v) is 17.2. The molecule has 0 radical (unpaired) electrons. The van der Waals surface area contributed by atoms with Crippen molar-refractivity contribution in [2.75, 3.05) is 38.5 Å². The van der Waals surface area contributed by atoms with Crippen molar-refractivity contribution in [1.29, 1.82) is 0 Å². The molecular formula is C32H42F3N5O4S. The standard InChI is InChI=1S/C32H42F3N5O4S/c1-5-45(42,43)37-25-7-8-26(44-19-25)17-38-11-10-22(15-38)23-12-28(30-14-36-21(4)40(30)16-23)27-9-6-24(33)13-29(27)32(41)39(20(2)3)18-31(34)35/h6,9,12-14,16,20,22,25-26,31,37H,5,7-8,10-11,15,17-19H2,1-4H3/t22-,25+,26-/m0/s1. The number of fused-ring (bicyclic) bond motifs is 1. The Kier molecular flexibility index (Phi) is 10.2. The number of nitrogens with zero attached hydrogens (tertiary/aromatic N) is 4.